The summed E-state index contributed by atoms with van der Waals surface area (Å²) in [5, 5.41) is 9.69. The summed E-state index contributed by atoms with van der Waals surface area (Å²) in [7, 11) is -4.53. The van der Waals surface area contributed by atoms with Gasteiger partial charge in [0.15, 0.2) is 0 Å². The van der Waals surface area contributed by atoms with Gasteiger partial charge in [0, 0.05) is 0 Å². The summed E-state index contributed by atoms with van der Waals surface area (Å²) in [6.45, 7) is 1.83. The minimum atomic E-state index is -4.53. The van der Waals surface area contributed by atoms with Crippen molar-refractivity contribution in [2.24, 2.45) is 5.73 Å². The molecule has 7 heteroatoms. The van der Waals surface area contributed by atoms with Gasteiger partial charge in [0.05, 0.1) is 18.8 Å². The molecule has 0 aliphatic heterocycles. The molecule has 0 rings (SSSR count). The molecule has 0 heterocycles. The third-order valence-corrected chi connectivity index (χ3v) is 3.92. The van der Waals surface area contributed by atoms with Gasteiger partial charge in [-0.3, -0.25) is 4.52 Å². The van der Waals surface area contributed by atoms with E-state index in [9.17, 15) is 9.67 Å². The molecule has 0 aromatic rings. The SMILES string of the molecule is CCCCCCCCCC/C=C/C(O)C(N)COP(=O)(O)O. The van der Waals surface area contributed by atoms with Crippen molar-refractivity contribution in [1.29, 1.82) is 0 Å². The normalized spacial score (nSPS) is 15.3. The van der Waals surface area contributed by atoms with Crippen molar-refractivity contribution < 1.29 is 24.0 Å². The number of hydrogen-bond acceptors (Lipinski definition) is 4. The first-order valence-corrected chi connectivity index (χ1v) is 9.70. The number of phosphoric ester groups is 1. The standard InChI is InChI=1S/C15H32NO5P/c1-2-3-4-5-6-7-8-9-10-11-12-15(17)14(16)13-21-22(18,19)20/h11-12,14-15,17H,2-10,13,16H2,1H3,(H2,18,19,20)/b12-11+. The molecule has 0 aliphatic rings. The van der Waals surface area contributed by atoms with Crippen LogP contribution < -0.4 is 5.73 Å². The van der Waals surface area contributed by atoms with Gasteiger partial charge >= 0.3 is 7.82 Å². The number of aliphatic hydroxyl groups excluding tert-OH is 1. The van der Waals surface area contributed by atoms with E-state index < -0.39 is 20.0 Å². The van der Waals surface area contributed by atoms with Crippen LogP contribution in [0, 0.1) is 0 Å². The fourth-order valence-electron chi connectivity index (χ4n) is 2.06. The lowest BCUT2D eigenvalue weighted by Gasteiger charge is -2.15. The highest BCUT2D eigenvalue weighted by molar-refractivity contribution is 7.46. The summed E-state index contributed by atoms with van der Waals surface area (Å²) >= 11 is 0. The number of unbranched alkanes of at least 4 members (excludes halogenated alkanes) is 8. The van der Waals surface area contributed by atoms with Crippen molar-refractivity contribution in [3.63, 3.8) is 0 Å². The molecule has 22 heavy (non-hydrogen) atoms. The first-order valence-electron chi connectivity index (χ1n) is 8.17. The summed E-state index contributed by atoms with van der Waals surface area (Å²) in [5.41, 5.74) is 5.58. The fourth-order valence-corrected chi connectivity index (χ4v) is 2.42. The molecule has 2 atom stereocenters. The summed E-state index contributed by atoms with van der Waals surface area (Å²) in [5.74, 6) is 0. The van der Waals surface area contributed by atoms with E-state index in [2.05, 4.69) is 11.4 Å². The molecule has 132 valence electrons. The van der Waals surface area contributed by atoms with Crippen molar-refractivity contribution in [2.45, 2.75) is 76.9 Å². The minimum absolute atomic E-state index is 0.381. The Labute approximate surface area is 134 Å². The van der Waals surface area contributed by atoms with Gasteiger partial charge in [-0.15, -0.1) is 0 Å². The summed E-state index contributed by atoms with van der Waals surface area (Å²) < 4.78 is 14.8. The topological polar surface area (TPSA) is 113 Å². The second kappa shape index (κ2) is 13.2. The highest BCUT2D eigenvalue weighted by Crippen LogP contribution is 2.35. The van der Waals surface area contributed by atoms with Crippen molar-refractivity contribution in [3.05, 3.63) is 12.2 Å². The van der Waals surface area contributed by atoms with Crippen LogP contribution in [0.4, 0.5) is 0 Å². The molecule has 2 unspecified atom stereocenters. The van der Waals surface area contributed by atoms with Gasteiger partial charge in [-0.05, 0) is 12.8 Å². The van der Waals surface area contributed by atoms with Crippen LogP contribution in [0.15, 0.2) is 12.2 Å². The predicted molar refractivity (Wildman–Crippen MR) is 88.3 cm³/mol. The Kier molecular flexibility index (Phi) is 13.1. The van der Waals surface area contributed by atoms with Crippen LogP contribution in [-0.2, 0) is 9.09 Å². The molecule has 0 aromatic heterocycles. The zero-order chi connectivity index (χ0) is 16.8. The maximum absolute atomic E-state index is 10.5. The van der Waals surface area contributed by atoms with Crippen molar-refractivity contribution in [1.82, 2.24) is 0 Å². The van der Waals surface area contributed by atoms with E-state index in [0.29, 0.717) is 0 Å². The van der Waals surface area contributed by atoms with Crippen LogP contribution in [-0.4, -0.2) is 33.6 Å². The number of rotatable bonds is 14. The van der Waals surface area contributed by atoms with Crippen LogP contribution in [0.2, 0.25) is 0 Å². The Morgan fingerprint density at radius 1 is 1.09 bits per heavy atom. The van der Waals surface area contributed by atoms with Gasteiger partial charge in [-0.25, -0.2) is 4.57 Å². The molecule has 0 fully saturated rings. The third kappa shape index (κ3) is 14.7. The van der Waals surface area contributed by atoms with Crippen LogP contribution in [0.5, 0.6) is 0 Å². The van der Waals surface area contributed by atoms with E-state index in [0.717, 1.165) is 12.8 Å². The number of allylic oxidation sites excluding steroid dienone is 1. The zero-order valence-electron chi connectivity index (χ0n) is 13.6. The fraction of sp³-hybridized carbons (Fsp3) is 0.867. The van der Waals surface area contributed by atoms with Crippen LogP contribution in [0.25, 0.3) is 0 Å². The Morgan fingerprint density at radius 3 is 2.18 bits per heavy atom. The van der Waals surface area contributed by atoms with E-state index in [1.807, 2.05) is 6.08 Å². The van der Waals surface area contributed by atoms with Crippen LogP contribution in [0.1, 0.15) is 64.7 Å². The van der Waals surface area contributed by atoms with Gasteiger partial charge in [0.1, 0.15) is 0 Å². The molecule has 0 spiro atoms. The van der Waals surface area contributed by atoms with Crippen LogP contribution in [0.3, 0.4) is 0 Å². The van der Waals surface area contributed by atoms with E-state index in [-0.39, 0.29) is 6.61 Å². The van der Waals surface area contributed by atoms with Gasteiger partial charge in [0.2, 0.25) is 0 Å². The number of hydrogen-bond donors (Lipinski definition) is 4. The minimum Gasteiger partial charge on any atom is -0.387 e. The van der Waals surface area contributed by atoms with E-state index in [4.69, 9.17) is 15.5 Å². The van der Waals surface area contributed by atoms with Gasteiger partial charge in [-0.1, -0.05) is 64.0 Å². The number of aliphatic hydroxyl groups is 1. The smallest absolute Gasteiger partial charge is 0.387 e. The Morgan fingerprint density at radius 2 is 1.64 bits per heavy atom. The van der Waals surface area contributed by atoms with Crippen molar-refractivity contribution in [3.8, 4) is 0 Å². The Balaban J connectivity index is 3.56. The van der Waals surface area contributed by atoms with Crippen molar-refractivity contribution >= 4 is 7.82 Å². The quantitative estimate of drug-likeness (QED) is 0.220. The Hall–Kier alpha value is -0.230. The predicted octanol–water partition coefficient (Wildman–Crippen LogP) is 2.87. The van der Waals surface area contributed by atoms with Crippen LogP contribution >= 0.6 is 7.82 Å². The molecule has 0 amide bonds. The lowest BCUT2D eigenvalue weighted by molar-refractivity contribution is 0.129. The average Bonchev–Trinajstić information content (AvgIpc) is 2.45. The van der Waals surface area contributed by atoms with Gasteiger partial charge in [-0.2, -0.15) is 0 Å². The molecule has 0 saturated heterocycles. The largest absolute Gasteiger partial charge is 0.469 e. The number of phosphoric acid groups is 1. The average molecular weight is 337 g/mol. The molecule has 6 nitrogen and oxygen atoms in total. The highest BCUT2D eigenvalue weighted by atomic mass is 31.2. The first-order chi connectivity index (χ1) is 10.4. The molecule has 0 bridgehead atoms. The molecular formula is C15H32NO5P. The third-order valence-electron chi connectivity index (χ3n) is 3.43. The second-order valence-electron chi connectivity index (χ2n) is 5.63. The highest BCUT2D eigenvalue weighted by Gasteiger charge is 2.19. The van der Waals surface area contributed by atoms with E-state index in [1.54, 1.807) is 6.08 Å². The number of nitrogens with two attached hydrogens (primary N) is 1. The molecule has 5 N–H and O–H groups in total. The summed E-state index contributed by atoms with van der Waals surface area (Å²) in [4.78, 5) is 17.1. The molecule has 0 radical (unpaired) electrons. The summed E-state index contributed by atoms with van der Waals surface area (Å²) in [6.07, 6.45) is 13.4. The lowest BCUT2D eigenvalue weighted by Crippen LogP contribution is -2.37. The van der Waals surface area contributed by atoms with Crippen molar-refractivity contribution in [2.75, 3.05) is 6.61 Å². The van der Waals surface area contributed by atoms with Gasteiger partial charge in [0.25, 0.3) is 0 Å². The molecular weight excluding hydrogens is 305 g/mol. The molecule has 0 aliphatic carbocycles. The monoisotopic (exact) mass is 337 g/mol. The van der Waals surface area contributed by atoms with E-state index in [1.165, 1.54) is 44.9 Å². The zero-order valence-corrected chi connectivity index (χ0v) is 14.5. The first kappa shape index (κ1) is 21.8. The van der Waals surface area contributed by atoms with E-state index >= 15 is 0 Å². The maximum Gasteiger partial charge on any atom is 0.469 e. The van der Waals surface area contributed by atoms with Gasteiger partial charge < -0.3 is 20.6 Å². The summed E-state index contributed by atoms with van der Waals surface area (Å²) in [6, 6.07) is -0.845. The molecule has 0 saturated carbocycles. The Bertz CT molecular complexity index is 332. The molecule has 0 aromatic carbocycles. The second-order valence-corrected chi connectivity index (χ2v) is 6.87. The maximum atomic E-state index is 10.5. The lowest BCUT2D eigenvalue weighted by atomic mass is 10.1.